The standard InChI is InChI=1S/C19H25N3O3S2/c1-3-22(4-2)27(24,25)17-9-5-7-15(13-17)19(23)21-11-6-8-16(14-21)18-20-10-12-26-18/h5,7,9-10,12-13,16H,3-4,6,8,11,14H2,1-2H3. The fourth-order valence-electron chi connectivity index (χ4n) is 3.48. The van der Waals surface area contributed by atoms with Crippen molar-refractivity contribution in [2.75, 3.05) is 26.2 Å². The SMILES string of the molecule is CCN(CC)S(=O)(=O)c1cccc(C(=O)N2CCCC(c3nccs3)C2)c1. The lowest BCUT2D eigenvalue weighted by atomic mass is 9.98. The minimum Gasteiger partial charge on any atom is -0.338 e. The van der Waals surface area contributed by atoms with Crippen LogP contribution in [-0.4, -0.2) is 54.7 Å². The molecule has 1 aromatic heterocycles. The van der Waals surface area contributed by atoms with Crippen molar-refractivity contribution in [1.82, 2.24) is 14.2 Å². The zero-order chi connectivity index (χ0) is 19.4. The third kappa shape index (κ3) is 4.23. The summed E-state index contributed by atoms with van der Waals surface area (Å²) in [6, 6.07) is 6.39. The molecule has 1 fully saturated rings. The van der Waals surface area contributed by atoms with Crippen LogP contribution in [0.5, 0.6) is 0 Å². The summed E-state index contributed by atoms with van der Waals surface area (Å²) in [4.78, 5) is 19.4. The van der Waals surface area contributed by atoms with Crippen LogP contribution in [0.2, 0.25) is 0 Å². The van der Waals surface area contributed by atoms with E-state index in [1.807, 2.05) is 24.1 Å². The molecular formula is C19H25N3O3S2. The first-order chi connectivity index (χ1) is 13.0. The fourth-order valence-corrected chi connectivity index (χ4v) is 5.76. The Kier molecular flexibility index (Phi) is 6.29. The van der Waals surface area contributed by atoms with Crippen LogP contribution in [0.4, 0.5) is 0 Å². The van der Waals surface area contributed by atoms with E-state index in [4.69, 9.17) is 0 Å². The first kappa shape index (κ1) is 20.0. The summed E-state index contributed by atoms with van der Waals surface area (Å²) in [5.74, 6) is 0.137. The van der Waals surface area contributed by atoms with Gasteiger partial charge in [0.2, 0.25) is 10.0 Å². The monoisotopic (exact) mass is 407 g/mol. The van der Waals surface area contributed by atoms with Crippen LogP contribution in [0, 0.1) is 0 Å². The molecule has 1 unspecified atom stereocenters. The molecule has 1 aromatic carbocycles. The number of nitrogens with zero attached hydrogens (tertiary/aromatic N) is 3. The molecule has 0 radical (unpaired) electrons. The van der Waals surface area contributed by atoms with E-state index < -0.39 is 10.0 Å². The third-order valence-electron chi connectivity index (χ3n) is 4.93. The van der Waals surface area contributed by atoms with E-state index in [0.29, 0.717) is 31.7 Å². The molecule has 1 saturated heterocycles. The summed E-state index contributed by atoms with van der Waals surface area (Å²) < 4.78 is 26.9. The second-order valence-electron chi connectivity index (χ2n) is 6.58. The van der Waals surface area contributed by atoms with Gasteiger partial charge in [0, 0.05) is 49.2 Å². The normalized spacial score (nSPS) is 18.0. The zero-order valence-corrected chi connectivity index (χ0v) is 17.3. The topological polar surface area (TPSA) is 70.6 Å². The van der Waals surface area contributed by atoms with E-state index in [1.54, 1.807) is 35.7 Å². The second-order valence-corrected chi connectivity index (χ2v) is 9.44. The summed E-state index contributed by atoms with van der Waals surface area (Å²) in [7, 11) is -3.58. The van der Waals surface area contributed by atoms with Crippen molar-refractivity contribution in [2.45, 2.75) is 37.5 Å². The molecule has 1 atom stereocenters. The maximum atomic E-state index is 13.0. The van der Waals surface area contributed by atoms with Crippen molar-refractivity contribution in [1.29, 1.82) is 0 Å². The van der Waals surface area contributed by atoms with Gasteiger partial charge in [0.1, 0.15) is 0 Å². The van der Waals surface area contributed by atoms with Gasteiger partial charge in [0.05, 0.1) is 9.90 Å². The maximum Gasteiger partial charge on any atom is 0.253 e. The number of sulfonamides is 1. The molecular weight excluding hydrogens is 382 g/mol. The number of likely N-dealkylation sites (tertiary alicyclic amines) is 1. The zero-order valence-electron chi connectivity index (χ0n) is 15.7. The maximum absolute atomic E-state index is 13.0. The van der Waals surface area contributed by atoms with Crippen LogP contribution >= 0.6 is 11.3 Å². The number of rotatable bonds is 6. The van der Waals surface area contributed by atoms with Gasteiger partial charge in [-0.05, 0) is 31.0 Å². The highest BCUT2D eigenvalue weighted by Crippen LogP contribution is 2.29. The molecule has 0 spiro atoms. The first-order valence-corrected chi connectivity index (χ1v) is 11.6. The number of carbonyl (C=O) groups is 1. The smallest absolute Gasteiger partial charge is 0.253 e. The lowest BCUT2D eigenvalue weighted by Gasteiger charge is -2.32. The Labute approximate surface area is 164 Å². The molecule has 8 heteroatoms. The van der Waals surface area contributed by atoms with Gasteiger partial charge in [0.15, 0.2) is 0 Å². The molecule has 0 bridgehead atoms. The highest BCUT2D eigenvalue weighted by Gasteiger charge is 2.28. The molecule has 1 amide bonds. The van der Waals surface area contributed by atoms with Crippen LogP contribution < -0.4 is 0 Å². The van der Waals surface area contributed by atoms with E-state index in [0.717, 1.165) is 17.8 Å². The predicted molar refractivity (Wildman–Crippen MR) is 107 cm³/mol. The van der Waals surface area contributed by atoms with Crippen molar-refractivity contribution in [3.05, 3.63) is 46.4 Å². The Balaban J connectivity index is 1.81. The second kappa shape index (κ2) is 8.50. The lowest BCUT2D eigenvalue weighted by molar-refractivity contribution is 0.0707. The number of piperidine rings is 1. The largest absolute Gasteiger partial charge is 0.338 e. The number of amides is 1. The molecule has 0 N–H and O–H groups in total. The molecule has 0 aliphatic carbocycles. The molecule has 6 nitrogen and oxygen atoms in total. The Morgan fingerprint density at radius 3 is 2.78 bits per heavy atom. The van der Waals surface area contributed by atoms with Crippen molar-refractivity contribution >= 4 is 27.3 Å². The molecule has 146 valence electrons. The molecule has 2 heterocycles. The van der Waals surface area contributed by atoms with Crippen LogP contribution in [-0.2, 0) is 10.0 Å². The van der Waals surface area contributed by atoms with Crippen LogP contribution in [0.15, 0.2) is 40.7 Å². The van der Waals surface area contributed by atoms with Crippen molar-refractivity contribution in [2.24, 2.45) is 0 Å². The highest BCUT2D eigenvalue weighted by atomic mass is 32.2. The van der Waals surface area contributed by atoms with Gasteiger partial charge < -0.3 is 4.90 Å². The van der Waals surface area contributed by atoms with Gasteiger partial charge in [-0.15, -0.1) is 11.3 Å². The summed E-state index contributed by atoms with van der Waals surface area (Å²) in [5.41, 5.74) is 0.419. The Hall–Kier alpha value is -1.77. The fraction of sp³-hybridized carbons (Fsp3) is 0.474. The first-order valence-electron chi connectivity index (χ1n) is 9.26. The summed E-state index contributed by atoms with van der Waals surface area (Å²) in [6.07, 6.45) is 3.74. The molecule has 2 aromatic rings. The van der Waals surface area contributed by atoms with Gasteiger partial charge in [-0.3, -0.25) is 4.79 Å². The predicted octanol–water partition coefficient (Wildman–Crippen LogP) is 3.19. The molecule has 27 heavy (non-hydrogen) atoms. The van der Waals surface area contributed by atoms with Crippen LogP contribution in [0.1, 0.15) is 48.0 Å². The van der Waals surface area contributed by atoms with Crippen molar-refractivity contribution in [3.63, 3.8) is 0 Å². The van der Waals surface area contributed by atoms with E-state index in [-0.39, 0.29) is 16.7 Å². The average molecular weight is 408 g/mol. The minimum atomic E-state index is -3.58. The average Bonchev–Trinajstić information content (AvgIpc) is 3.23. The summed E-state index contributed by atoms with van der Waals surface area (Å²) in [5, 5.41) is 3.02. The van der Waals surface area contributed by atoms with E-state index in [2.05, 4.69) is 4.98 Å². The Morgan fingerprint density at radius 1 is 1.33 bits per heavy atom. The van der Waals surface area contributed by atoms with Gasteiger partial charge >= 0.3 is 0 Å². The Morgan fingerprint density at radius 2 is 2.11 bits per heavy atom. The number of hydrogen-bond donors (Lipinski definition) is 0. The minimum absolute atomic E-state index is 0.118. The quantitative estimate of drug-likeness (QED) is 0.737. The Bertz CT molecular complexity index is 877. The van der Waals surface area contributed by atoms with Crippen molar-refractivity contribution in [3.8, 4) is 0 Å². The van der Waals surface area contributed by atoms with Gasteiger partial charge in [0.25, 0.3) is 5.91 Å². The van der Waals surface area contributed by atoms with E-state index in [9.17, 15) is 13.2 Å². The van der Waals surface area contributed by atoms with Gasteiger partial charge in [-0.25, -0.2) is 13.4 Å². The lowest BCUT2D eigenvalue weighted by Crippen LogP contribution is -2.39. The number of aromatic nitrogens is 1. The molecule has 1 aliphatic heterocycles. The molecule has 0 saturated carbocycles. The van der Waals surface area contributed by atoms with Gasteiger partial charge in [-0.2, -0.15) is 4.31 Å². The van der Waals surface area contributed by atoms with E-state index in [1.165, 1.54) is 10.4 Å². The van der Waals surface area contributed by atoms with Crippen LogP contribution in [0.3, 0.4) is 0 Å². The molecule has 3 rings (SSSR count). The third-order valence-corrected chi connectivity index (χ3v) is 7.92. The van der Waals surface area contributed by atoms with E-state index >= 15 is 0 Å². The molecule has 1 aliphatic rings. The van der Waals surface area contributed by atoms with Crippen molar-refractivity contribution < 1.29 is 13.2 Å². The van der Waals surface area contributed by atoms with Crippen LogP contribution in [0.25, 0.3) is 0 Å². The van der Waals surface area contributed by atoms with Gasteiger partial charge in [-0.1, -0.05) is 19.9 Å². The number of carbonyl (C=O) groups excluding carboxylic acids is 1. The summed E-state index contributed by atoms with van der Waals surface area (Å²) in [6.45, 7) is 5.73. The number of hydrogen-bond acceptors (Lipinski definition) is 5. The summed E-state index contributed by atoms with van der Waals surface area (Å²) >= 11 is 1.62. The highest BCUT2D eigenvalue weighted by molar-refractivity contribution is 7.89. The number of thiazole rings is 1. The number of benzene rings is 1.